The molecule has 0 spiro atoms. The third-order valence-electron chi connectivity index (χ3n) is 4.10. The molecule has 3 heteroatoms. The fourth-order valence-corrected chi connectivity index (χ4v) is 2.45. The standard InChI is InChI=1S/C16H28N2O/c1-16(2,13-17)9-3-4-10-18(14-7-8-14)12-15-6-5-11-19-15/h5-6,11,14H,3-4,7-10,12-13,17H2,1-2H3. The zero-order valence-corrected chi connectivity index (χ0v) is 12.4. The van der Waals surface area contributed by atoms with Crippen molar-refractivity contribution in [2.45, 2.75) is 58.5 Å². The smallest absolute Gasteiger partial charge is 0.117 e. The number of hydrogen-bond donors (Lipinski definition) is 1. The Bertz CT molecular complexity index is 355. The highest BCUT2D eigenvalue weighted by Crippen LogP contribution is 2.29. The third kappa shape index (κ3) is 5.00. The molecule has 1 aromatic rings. The van der Waals surface area contributed by atoms with E-state index in [0.717, 1.165) is 24.9 Å². The molecular formula is C16H28N2O. The quantitative estimate of drug-likeness (QED) is 0.695. The molecule has 0 saturated heterocycles. The molecule has 3 nitrogen and oxygen atoms in total. The summed E-state index contributed by atoms with van der Waals surface area (Å²) in [5.74, 6) is 1.09. The van der Waals surface area contributed by atoms with Crippen molar-refractivity contribution in [3.63, 3.8) is 0 Å². The van der Waals surface area contributed by atoms with Gasteiger partial charge in [0.1, 0.15) is 5.76 Å². The molecule has 1 fully saturated rings. The van der Waals surface area contributed by atoms with E-state index in [4.69, 9.17) is 10.2 Å². The van der Waals surface area contributed by atoms with Crippen molar-refractivity contribution in [1.82, 2.24) is 4.90 Å². The van der Waals surface area contributed by atoms with Gasteiger partial charge in [0, 0.05) is 6.04 Å². The Morgan fingerprint density at radius 2 is 2.16 bits per heavy atom. The minimum Gasteiger partial charge on any atom is -0.468 e. The van der Waals surface area contributed by atoms with Crippen molar-refractivity contribution in [3.05, 3.63) is 24.2 Å². The van der Waals surface area contributed by atoms with E-state index in [-0.39, 0.29) is 0 Å². The lowest BCUT2D eigenvalue weighted by Crippen LogP contribution is -2.27. The largest absolute Gasteiger partial charge is 0.468 e. The van der Waals surface area contributed by atoms with Crippen LogP contribution in [-0.4, -0.2) is 24.0 Å². The van der Waals surface area contributed by atoms with Gasteiger partial charge >= 0.3 is 0 Å². The van der Waals surface area contributed by atoms with E-state index < -0.39 is 0 Å². The summed E-state index contributed by atoms with van der Waals surface area (Å²) in [6.45, 7) is 7.46. The molecule has 1 aliphatic carbocycles. The number of nitrogens with zero attached hydrogens (tertiary/aromatic N) is 1. The average molecular weight is 264 g/mol. The maximum atomic E-state index is 5.77. The number of unbranched alkanes of at least 4 members (excludes halogenated alkanes) is 1. The Morgan fingerprint density at radius 3 is 2.74 bits per heavy atom. The van der Waals surface area contributed by atoms with Crippen molar-refractivity contribution in [1.29, 1.82) is 0 Å². The molecule has 2 rings (SSSR count). The van der Waals surface area contributed by atoms with Gasteiger partial charge in [0.05, 0.1) is 12.8 Å². The molecule has 1 aliphatic rings. The van der Waals surface area contributed by atoms with Gasteiger partial charge < -0.3 is 10.2 Å². The van der Waals surface area contributed by atoms with E-state index in [0.29, 0.717) is 5.41 Å². The number of hydrogen-bond acceptors (Lipinski definition) is 3. The summed E-state index contributed by atoms with van der Waals surface area (Å²) in [6.07, 6.45) is 8.24. The molecule has 108 valence electrons. The van der Waals surface area contributed by atoms with Gasteiger partial charge in [-0.05, 0) is 56.3 Å². The Balaban J connectivity index is 1.69. The molecule has 1 heterocycles. The van der Waals surface area contributed by atoms with Crippen LogP contribution in [0.5, 0.6) is 0 Å². The van der Waals surface area contributed by atoms with Crippen LogP contribution >= 0.6 is 0 Å². The summed E-state index contributed by atoms with van der Waals surface area (Å²) in [5, 5.41) is 0. The number of rotatable bonds is 9. The maximum absolute atomic E-state index is 5.77. The van der Waals surface area contributed by atoms with Crippen LogP contribution in [0.15, 0.2) is 22.8 Å². The zero-order valence-electron chi connectivity index (χ0n) is 12.4. The summed E-state index contributed by atoms with van der Waals surface area (Å²) in [6, 6.07) is 4.85. The molecule has 0 amide bonds. The van der Waals surface area contributed by atoms with Gasteiger partial charge in [-0.3, -0.25) is 4.90 Å². The monoisotopic (exact) mass is 264 g/mol. The predicted molar refractivity (Wildman–Crippen MR) is 78.8 cm³/mol. The summed E-state index contributed by atoms with van der Waals surface area (Å²) in [5.41, 5.74) is 6.07. The first kappa shape index (κ1) is 14.6. The van der Waals surface area contributed by atoms with Crippen LogP contribution in [0.1, 0.15) is 51.7 Å². The first-order valence-corrected chi connectivity index (χ1v) is 7.57. The number of nitrogens with two attached hydrogens (primary N) is 1. The highest BCUT2D eigenvalue weighted by molar-refractivity contribution is 4.99. The van der Waals surface area contributed by atoms with Crippen molar-refractivity contribution in [2.24, 2.45) is 11.1 Å². The van der Waals surface area contributed by atoms with Crippen LogP contribution in [0.4, 0.5) is 0 Å². The van der Waals surface area contributed by atoms with Crippen LogP contribution < -0.4 is 5.73 Å². The minimum absolute atomic E-state index is 0.297. The van der Waals surface area contributed by atoms with Crippen LogP contribution in [0.3, 0.4) is 0 Å². The first-order chi connectivity index (χ1) is 9.11. The minimum atomic E-state index is 0.297. The molecule has 0 unspecified atom stereocenters. The van der Waals surface area contributed by atoms with E-state index in [2.05, 4.69) is 24.8 Å². The Labute approximate surface area is 117 Å². The van der Waals surface area contributed by atoms with E-state index in [9.17, 15) is 0 Å². The molecular weight excluding hydrogens is 236 g/mol. The summed E-state index contributed by atoms with van der Waals surface area (Å²) in [7, 11) is 0. The van der Waals surface area contributed by atoms with Gasteiger partial charge in [0.25, 0.3) is 0 Å². The SMILES string of the molecule is CC(C)(CN)CCCCN(Cc1ccco1)C1CC1. The molecule has 1 aromatic heterocycles. The molecule has 0 atom stereocenters. The molecule has 0 radical (unpaired) electrons. The third-order valence-corrected chi connectivity index (χ3v) is 4.10. The second kappa shape index (κ2) is 6.58. The van der Waals surface area contributed by atoms with E-state index in [1.165, 1.54) is 38.6 Å². The Morgan fingerprint density at radius 1 is 1.37 bits per heavy atom. The second-order valence-corrected chi connectivity index (χ2v) is 6.61. The van der Waals surface area contributed by atoms with Crippen molar-refractivity contribution < 1.29 is 4.42 Å². The second-order valence-electron chi connectivity index (χ2n) is 6.61. The molecule has 1 saturated carbocycles. The highest BCUT2D eigenvalue weighted by Gasteiger charge is 2.29. The number of furan rings is 1. The molecule has 0 aliphatic heterocycles. The van der Waals surface area contributed by atoms with Gasteiger partial charge in [-0.2, -0.15) is 0 Å². The lowest BCUT2D eigenvalue weighted by molar-refractivity contribution is 0.222. The first-order valence-electron chi connectivity index (χ1n) is 7.57. The van der Waals surface area contributed by atoms with Crippen LogP contribution in [0.2, 0.25) is 0 Å². The van der Waals surface area contributed by atoms with Gasteiger partial charge in [0.15, 0.2) is 0 Å². The van der Waals surface area contributed by atoms with E-state index in [1.54, 1.807) is 6.26 Å². The van der Waals surface area contributed by atoms with Crippen LogP contribution in [0.25, 0.3) is 0 Å². The highest BCUT2D eigenvalue weighted by atomic mass is 16.3. The maximum Gasteiger partial charge on any atom is 0.117 e. The van der Waals surface area contributed by atoms with E-state index in [1.807, 2.05) is 6.07 Å². The summed E-state index contributed by atoms with van der Waals surface area (Å²) < 4.78 is 5.46. The molecule has 2 N–H and O–H groups in total. The van der Waals surface area contributed by atoms with Crippen LogP contribution in [-0.2, 0) is 6.54 Å². The van der Waals surface area contributed by atoms with Crippen molar-refractivity contribution >= 4 is 0 Å². The Hall–Kier alpha value is -0.800. The lowest BCUT2D eigenvalue weighted by atomic mass is 9.87. The average Bonchev–Trinajstić information content (AvgIpc) is 3.11. The summed E-state index contributed by atoms with van der Waals surface area (Å²) in [4.78, 5) is 2.58. The van der Waals surface area contributed by atoms with Crippen molar-refractivity contribution in [3.8, 4) is 0 Å². The van der Waals surface area contributed by atoms with Gasteiger partial charge in [-0.15, -0.1) is 0 Å². The van der Waals surface area contributed by atoms with Gasteiger partial charge in [-0.25, -0.2) is 0 Å². The molecule has 0 bridgehead atoms. The summed E-state index contributed by atoms with van der Waals surface area (Å²) >= 11 is 0. The topological polar surface area (TPSA) is 42.4 Å². The molecule has 0 aromatic carbocycles. The fraction of sp³-hybridized carbons (Fsp3) is 0.750. The lowest BCUT2D eigenvalue weighted by Gasteiger charge is -2.24. The van der Waals surface area contributed by atoms with E-state index >= 15 is 0 Å². The molecule has 19 heavy (non-hydrogen) atoms. The normalized spacial score (nSPS) is 16.2. The van der Waals surface area contributed by atoms with Crippen molar-refractivity contribution in [2.75, 3.05) is 13.1 Å². The van der Waals surface area contributed by atoms with Crippen LogP contribution in [0, 0.1) is 5.41 Å². The predicted octanol–water partition coefficient (Wildman–Crippen LogP) is 3.40. The fourth-order valence-electron chi connectivity index (χ4n) is 2.45. The Kier molecular flexibility index (Phi) is 5.06. The zero-order chi connectivity index (χ0) is 13.7. The van der Waals surface area contributed by atoms with Gasteiger partial charge in [0.2, 0.25) is 0 Å². The van der Waals surface area contributed by atoms with Gasteiger partial charge in [-0.1, -0.05) is 20.3 Å².